The van der Waals surface area contributed by atoms with Crippen molar-refractivity contribution in [3.8, 4) is 0 Å². The molecule has 0 aromatic carbocycles. The van der Waals surface area contributed by atoms with Crippen LogP contribution in [0, 0.1) is 0 Å². The summed E-state index contributed by atoms with van der Waals surface area (Å²) in [5.41, 5.74) is 0. The molecule has 0 aliphatic rings. The maximum absolute atomic E-state index is 5.59. The molecule has 0 aliphatic carbocycles. The van der Waals surface area contributed by atoms with E-state index in [4.69, 9.17) is 9.16 Å². The minimum Gasteiger partial charge on any atom is -0.426 e. The van der Waals surface area contributed by atoms with Crippen LogP contribution in [0.2, 0.25) is 0 Å². The van der Waals surface area contributed by atoms with E-state index in [1.807, 2.05) is 6.08 Å². The Morgan fingerprint density at radius 3 is 2.60 bits per heavy atom. The molecule has 0 aromatic rings. The molecule has 0 rings (SSSR count). The van der Waals surface area contributed by atoms with E-state index in [1.54, 1.807) is 0 Å². The summed E-state index contributed by atoms with van der Waals surface area (Å²) in [7, 11) is 0.815. The Kier molecular flexibility index (Phi) is 11.9. The molecule has 0 aliphatic heterocycles. The van der Waals surface area contributed by atoms with Gasteiger partial charge in [0.05, 0.1) is 19.3 Å². The first kappa shape index (κ1) is 14.9. The van der Waals surface area contributed by atoms with Crippen molar-refractivity contribution in [1.29, 1.82) is 0 Å². The third-order valence-electron chi connectivity index (χ3n) is 2.46. The molecule has 2 nitrogen and oxygen atoms in total. The topological polar surface area (TPSA) is 18.5 Å². The Hall–Kier alpha value is -0.123. The second-order valence-corrected chi connectivity index (χ2v) is 4.53. The Morgan fingerprint density at radius 2 is 1.93 bits per heavy atom. The van der Waals surface area contributed by atoms with E-state index in [1.165, 1.54) is 32.1 Å². The monoisotopic (exact) mass is 230 g/mol. The van der Waals surface area contributed by atoms with E-state index in [2.05, 4.69) is 13.5 Å². The van der Waals surface area contributed by atoms with Crippen molar-refractivity contribution in [2.75, 3.05) is 13.2 Å². The third kappa shape index (κ3) is 11.8. The van der Waals surface area contributed by atoms with Crippen molar-refractivity contribution in [2.45, 2.75) is 51.6 Å². The number of ether oxygens (including phenoxy) is 1. The molecular formula is C12H26O2Si. The Morgan fingerprint density at radius 1 is 1.20 bits per heavy atom. The predicted molar refractivity (Wildman–Crippen MR) is 69.2 cm³/mol. The molecule has 90 valence electrons. The predicted octanol–water partition coefficient (Wildman–Crippen LogP) is 2.22. The van der Waals surface area contributed by atoms with E-state index in [0.29, 0.717) is 6.10 Å². The molecule has 0 saturated carbocycles. The lowest BCUT2D eigenvalue weighted by Gasteiger charge is -2.12. The summed E-state index contributed by atoms with van der Waals surface area (Å²) in [5, 5.41) is 0. The van der Waals surface area contributed by atoms with Gasteiger partial charge in [-0.05, 0) is 26.2 Å². The zero-order valence-corrected chi connectivity index (χ0v) is 12.3. The van der Waals surface area contributed by atoms with Crippen molar-refractivity contribution in [1.82, 2.24) is 0 Å². The van der Waals surface area contributed by atoms with Gasteiger partial charge in [0.1, 0.15) is 10.5 Å². The second kappa shape index (κ2) is 11.9. The van der Waals surface area contributed by atoms with E-state index in [9.17, 15) is 0 Å². The minimum atomic E-state index is 0.390. The van der Waals surface area contributed by atoms with Crippen molar-refractivity contribution < 1.29 is 9.16 Å². The van der Waals surface area contributed by atoms with Crippen LogP contribution in [0.1, 0.15) is 45.4 Å². The van der Waals surface area contributed by atoms with Crippen LogP contribution >= 0.6 is 0 Å². The quantitative estimate of drug-likeness (QED) is 0.308. The van der Waals surface area contributed by atoms with E-state index >= 15 is 0 Å². The van der Waals surface area contributed by atoms with E-state index in [-0.39, 0.29) is 0 Å². The van der Waals surface area contributed by atoms with Gasteiger partial charge >= 0.3 is 0 Å². The molecule has 1 atom stereocenters. The van der Waals surface area contributed by atoms with E-state index < -0.39 is 0 Å². The lowest BCUT2D eigenvalue weighted by atomic mass is 10.1. The fourth-order valence-electron chi connectivity index (χ4n) is 1.49. The lowest BCUT2D eigenvalue weighted by Crippen LogP contribution is -2.12. The van der Waals surface area contributed by atoms with Crippen LogP contribution in [0.15, 0.2) is 12.7 Å². The Bertz CT molecular complexity index is 140. The highest BCUT2D eigenvalue weighted by atomic mass is 28.2. The highest BCUT2D eigenvalue weighted by molar-refractivity contribution is 5.97. The fourth-order valence-corrected chi connectivity index (χ4v) is 1.66. The van der Waals surface area contributed by atoms with Crippen LogP contribution in [0.4, 0.5) is 0 Å². The van der Waals surface area contributed by atoms with Gasteiger partial charge in [0.15, 0.2) is 0 Å². The van der Waals surface area contributed by atoms with Crippen LogP contribution < -0.4 is 0 Å². The lowest BCUT2D eigenvalue weighted by molar-refractivity contribution is 0.0400. The van der Waals surface area contributed by atoms with Crippen molar-refractivity contribution in [3.63, 3.8) is 0 Å². The molecule has 0 spiro atoms. The summed E-state index contributed by atoms with van der Waals surface area (Å²) in [4.78, 5) is 0. The number of unbranched alkanes of at least 4 members (excludes halogenated alkanes) is 4. The zero-order valence-electron chi connectivity index (χ0n) is 10.3. The molecule has 0 heterocycles. The molecule has 0 fully saturated rings. The van der Waals surface area contributed by atoms with Gasteiger partial charge in [0, 0.05) is 0 Å². The van der Waals surface area contributed by atoms with Crippen LogP contribution in [-0.4, -0.2) is 29.8 Å². The number of rotatable bonds is 11. The van der Waals surface area contributed by atoms with Crippen molar-refractivity contribution in [2.24, 2.45) is 0 Å². The molecular weight excluding hydrogens is 204 g/mol. The van der Waals surface area contributed by atoms with E-state index in [0.717, 1.165) is 30.1 Å². The highest BCUT2D eigenvalue weighted by Gasteiger charge is 2.00. The summed E-state index contributed by atoms with van der Waals surface area (Å²) in [6.45, 7) is 7.38. The highest BCUT2D eigenvalue weighted by Crippen LogP contribution is 2.09. The standard InChI is InChI=1S/C12H26O2Si/c1-3-4-5-6-7-8-9-12(2)13-10-11-14-15/h3,12H,1,4-11H2,2,15H3. The zero-order chi connectivity index (χ0) is 11.4. The molecule has 15 heavy (non-hydrogen) atoms. The van der Waals surface area contributed by atoms with Gasteiger partial charge in [0.25, 0.3) is 0 Å². The first-order chi connectivity index (χ1) is 7.31. The third-order valence-corrected chi connectivity index (χ3v) is 2.87. The first-order valence-corrected chi connectivity index (χ1v) is 6.84. The summed E-state index contributed by atoms with van der Waals surface area (Å²) < 4.78 is 10.7. The largest absolute Gasteiger partial charge is 0.426 e. The number of hydrogen-bond acceptors (Lipinski definition) is 2. The molecule has 0 saturated heterocycles. The molecule has 0 aromatic heterocycles. The van der Waals surface area contributed by atoms with Gasteiger partial charge < -0.3 is 9.16 Å². The molecule has 0 radical (unpaired) electrons. The second-order valence-electron chi connectivity index (χ2n) is 3.95. The summed E-state index contributed by atoms with van der Waals surface area (Å²) >= 11 is 0. The van der Waals surface area contributed by atoms with Gasteiger partial charge in [-0.2, -0.15) is 0 Å². The van der Waals surface area contributed by atoms with Gasteiger partial charge in [-0.3, -0.25) is 0 Å². The Labute approximate surface area is 97.6 Å². The SMILES string of the molecule is C=CCCCCCCC(C)OCCO[SiH3]. The van der Waals surface area contributed by atoms with Gasteiger partial charge in [-0.25, -0.2) is 0 Å². The Balaban J connectivity index is 3.09. The average molecular weight is 230 g/mol. The summed E-state index contributed by atoms with van der Waals surface area (Å²) in [6.07, 6.45) is 9.92. The van der Waals surface area contributed by atoms with Gasteiger partial charge in [-0.1, -0.05) is 25.3 Å². The van der Waals surface area contributed by atoms with Crippen molar-refractivity contribution >= 4 is 10.5 Å². The van der Waals surface area contributed by atoms with Crippen molar-refractivity contribution in [3.05, 3.63) is 12.7 Å². The number of hydrogen-bond donors (Lipinski definition) is 0. The van der Waals surface area contributed by atoms with Crippen LogP contribution in [0.3, 0.4) is 0 Å². The van der Waals surface area contributed by atoms with Crippen LogP contribution in [0.25, 0.3) is 0 Å². The summed E-state index contributed by atoms with van der Waals surface area (Å²) in [5.74, 6) is 0. The molecule has 3 heteroatoms. The maximum atomic E-state index is 5.59. The maximum Gasteiger partial charge on any atom is 0.146 e. The van der Waals surface area contributed by atoms with Crippen LogP contribution in [-0.2, 0) is 9.16 Å². The first-order valence-electron chi connectivity index (χ1n) is 6.02. The minimum absolute atomic E-state index is 0.390. The van der Waals surface area contributed by atoms with Gasteiger partial charge in [-0.15, -0.1) is 6.58 Å². The fraction of sp³-hybridized carbons (Fsp3) is 0.833. The molecule has 0 amide bonds. The molecule has 0 N–H and O–H groups in total. The number of allylic oxidation sites excluding steroid dienone is 1. The normalized spacial score (nSPS) is 12.9. The van der Waals surface area contributed by atoms with Gasteiger partial charge in [0.2, 0.25) is 0 Å². The summed E-state index contributed by atoms with van der Waals surface area (Å²) in [6, 6.07) is 0. The molecule has 0 bridgehead atoms. The smallest absolute Gasteiger partial charge is 0.146 e. The van der Waals surface area contributed by atoms with Crippen LogP contribution in [0.5, 0.6) is 0 Å². The average Bonchev–Trinajstić information content (AvgIpc) is 2.23. The molecule has 1 unspecified atom stereocenters.